The summed E-state index contributed by atoms with van der Waals surface area (Å²) in [5.74, 6) is 0.0121. The Hall–Kier alpha value is -1.81. The Morgan fingerprint density at radius 3 is 2.36 bits per heavy atom. The van der Waals surface area contributed by atoms with E-state index in [0.29, 0.717) is 15.6 Å². The van der Waals surface area contributed by atoms with Gasteiger partial charge in [-0.05, 0) is 23.8 Å². The van der Waals surface area contributed by atoms with Gasteiger partial charge < -0.3 is 4.90 Å². The standard InChI is InChI=1S/C20H20Cl2N2O/c21-18-9-8-17(15-19(18)22)20(25)24-13-11-23(12-14-24)10-4-7-16-5-2-1-3-6-16/h1-9,15H,10-14H2/b7-4-. The summed E-state index contributed by atoms with van der Waals surface area (Å²) in [6.07, 6.45) is 4.30. The van der Waals surface area contributed by atoms with Crippen molar-refractivity contribution < 1.29 is 4.79 Å². The first kappa shape index (κ1) is 18.0. The van der Waals surface area contributed by atoms with Crippen LogP contribution in [0.2, 0.25) is 10.0 Å². The highest BCUT2D eigenvalue weighted by Gasteiger charge is 2.21. The zero-order valence-corrected chi connectivity index (χ0v) is 15.4. The van der Waals surface area contributed by atoms with Gasteiger partial charge in [-0.3, -0.25) is 9.69 Å². The third-order valence-corrected chi connectivity index (χ3v) is 5.04. The van der Waals surface area contributed by atoms with Crippen molar-refractivity contribution in [1.29, 1.82) is 0 Å². The molecular weight excluding hydrogens is 355 g/mol. The highest BCUT2D eigenvalue weighted by molar-refractivity contribution is 6.42. The second-order valence-electron chi connectivity index (χ2n) is 6.03. The minimum Gasteiger partial charge on any atom is -0.336 e. The molecule has 0 N–H and O–H groups in total. The Morgan fingerprint density at radius 1 is 0.960 bits per heavy atom. The number of rotatable bonds is 4. The molecule has 0 saturated carbocycles. The number of piperazine rings is 1. The number of amides is 1. The van der Waals surface area contributed by atoms with Crippen LogP contribution in [0.3, 0.4) is 0 Å². The molecule has 5 heteroatoms. The Bertz CT molecular complexity index is 754. The quantitative estimate of drug-likeness (QED) is 0.788. The maximum absolute atomic E-state index is 12.6. The van der Waals surface area contributed by atoms with Gasteiger partial charge in [0, 0.05) is 38.3 Å². The molecule has 3 rings (SSSR count). The van der Waals surface area contributed by atoms with Gasteiger partial charge in [0.2, 0.25) is 0 Å². The summed E-state index contributed by atoms with van der Waals surface area (Å²) < 4.78 is 0. The molecule has 0 aromatic heterocycles. The normalized spacial score (nSPS) is 15.7. The lowest BCUT2D eigenvalue weighted by molar-refractivity contribution is 0.0650. The molecule has 0 spiro atoms. The van der Waals surface area contributed by atoms with Gasteiger partial charge >= 0.3 is 0 Å². The van der Waals surface area contributed by atoms with E-state index in [1.54, 1.807) is 18.2 Å². The summed E-state index contributed by atoms with van der Waals surface area (Å²) in [5, 5.41) is 0.880. The van der Waals surface area contributed by atoms with Crippen LogP contribution in [0.25, 0.3) is 6.08 Å². The summed E-state index contributed by atoms with van der Waals surface area (Å²) in [7, 11) is 0. The van der Waals surface area contributed by atoms with Crippen LogP contribution in [0.15, 0.2) is 54.6 Å². The molecule has 1 saturated heterocycles. The lowest BCUT2D eigenvalue weighted by Gasteiger charge is -2.34. The SMILES string of the molecule is O=C(c1ccc(Cl)c(Cl)c1)N1CCN(C/C=C\c2ccccc2)CC1. The predicted octanol–water partition coefficient (Wildman–Crippen LogP) is 4.46. The van der Waals surface area contributed by atoms with Crippen molar-refractivity contribution in [2.45, 2.75) is 0 Å². The average Bonchev–Trinajstić information content (AvgIpc) is 2.65. The fourth-order valence-corrected chi connectivity index (χ4v) is 3.15. The van der Waals surface area contributed by atoms with E-state index in [-0.39, 0.29) is 5.91 Å². The van der Waals surface area contributed by atoms with Crippen molar-refractivity contribution >= 4 is 35.2 Å². The molecule has 1 aliphatic rings. The molecule has 3 nitrogen and oxygen atoms in total. The fourth-order valence-electron chi connectivity index (χ4n) is 2.85. The zero-order chi connectivity index (χ0) is 17.6. The smallest absolute Gasteiger partial charge is 0.253 e. The molecule has 1 aliphatic heterocycles. The van der Waals surface area contributed by atoms with Gasteiger partial charge in [-0.1, -0.05) is 65.7 Å². The van der Waals surface area contributed by atoms with E-state index in [4.69, 9.17) is 23.2 Å². The average molecular weight is 375 g/mol. The van der Waals surface area contributed by atoms with E-state index >= 15 is 0 Å². The molecule has 1 fully saturated rings. The summed E-state index contributed by atoms with van der Waals surface area (Å²) in [6.45, 7) is 4.07. The van der Waals surface area contributed by atoms with Crippen molar-refractivity contribution in [1.82, 2.24) is 9.80 Å². The van der Waals surface area contributed by atoms with Gasteiger partial charge in [-0.15, -0.1) is 0 Å². The van der Waals surface area contributed by atoms with Gasteiger partial charge in [0.05, 0.1) is 10.0 Å². The van der Waals surface area contributed by atoms with E-state index in [1.807, 2.05) is 23.1 Å². The van der Waals surface area contributed by atoms with Crippen molar-refractivity contribution in [2.75, 3.05) is 32.7 Å². The molecule has 0 unspecified atom stereocenters. The number of hydrogen-bond donors (Lipinski definition) is 0. The number of carbonyl (C=O) groups excluding carboxylic acids is 1. The van der Waals surface area contributed by atoms with Crippen molar-refractivity contribution in [2.24, 2.45) is 0 Å². The van der Waals surface area contributed by atoms with Gasteiger partial charge in [-0.25, -0.2) is 0 Å². The summed E-state index contributed by atoms with van der Waals surface area (Å²) in [6, 6.07) is 15.3. The molecule has 0 aliphatic carbocycles. The third-order valence-electron chi connectivity index (χ3n) is 4.30. The van der Waals surface area contributed by atoms with Crippen LogP contribution in [-0.4, -0.2) is 48.4 Å². The Labute approximate surface area is 158 Å². The van der Waals surface area contributed by atoms with E-state index in [0.717, 1.165) is 32.7 Å². The van der Waals surface area contributed by atoms with Gasteiger partial charge in [0.25, 0.3) is 5.91 Å². The molecule has 0 bridgehead atoms. The second-order valence-corrected chi connectivity index (χ2v) is 6.85. The molecule has 2 aromatic rings. The lowest BCUT2D eigenvalue weighted by atomic mass is 10.1. The summed E-state index contributed by atoms with van der Waals surface area (Å²) in [4.78, 5) is 16.8. The van der Waals surface area contributed by atoms with E-state index < -0.39 is 0 Å². The fraction of sp³-hybridized carbons (Fsp3) is 0.250. The van der Waals surface area contributed by atoms with E-state index in [1.165, 1.54) is 5.56 Å². The lowest BCUT2D eigenvalue weighted by Crippen LogP contribution is -2.48. The monoisotopic (exact) mass is 374 g/mol. The first-order chi connectivity index (χ1) is 12.1. The molecule has 130 valence electrons. The Balaban J connectivity index is 1.50. The summed E-state index contributed by atoms with van der Waals surface area (Å²) in [5.41, 5.74) is 1.79. The molecule has 0 atom stereocenters. The van der Waals surface area contributed by atoms with Gasteiger partial charge in [0.15, 0.2) is 0 Å². The molecule has 25 heavy (non-hydrogen) atoms. The molecule has 2 aromatic carbocycles. The van der Waals surface area contributed by atoms with Crippen LogP contribution < -0.4 is 0 Å². The van der Waals surface area contributed by atoms with Crippen LogP contribution in [0, 0.1) is 0 Å². The van der Waals surface area contributed by atoms with Crippen molar-refractivity contribution in [3.05, 3.63) is 75.8 Å². The maximum atomic E-state index is 12.6. The highest BCUT2D eigenvalue weighted by atomic mass is 35.5. The largest absolute Gasteiger partial charge is 0.336 e. The number of nitrogens with zero attached hydrogens (tertiary/aromatic N) is 2. The van der Waals surface area contributed by atoms with Crippen LogP contribution in [0.4, 0.5) is 0 Å². The Morgan fingerprint density at radius 2 is 1.68 bits per heavy atom. The third kappa shape index (κ3) is 4.85. The molecular formula is C20H20Cl2N2O. The second kappa shape index (κ2) is 8.52. The van der Waals surface area contributed by atoms with Gasteiger partial charge in [-0.2, -0.15) is 0 Å². The minimum absolute atomic E-state index is 0.0121. The zero-order valence-electron chi connectivity index (χ0n) is 13.9. The van der Waals surface area contributed by atoms with Crippen LogP contribution in [0.1, 0.15) is 15.9 Å². The van der Waals surface area contributed by atoms with Crippen molar-refractivity contribution in [3.8, 4) is 0 Å². The van der Waals surface area contributed by atoms with E-state index in [9.17, 15) is 4.79 Å². The minimum atomic E-state index is 0.0121. The maximum Gasteiger partial charge on any atom is 0.253 e. The Kier molecular flexibility index (Phi) is 6.14. The number of halogens is 2. The molecule has 0 radical (unpaired) electrons. The van der Waals surface area contributed by atoms with Crippen molar-refractivity contribution in [3.63, 3.8) is 0 Å². The van der Waals surface area contributed by atoms with Crippen LogP contribution in [0.5, 0.6) is 0 Å². The van der Waals surface area contributed by atoms with Crippen LogP contribution >= 0.6 is 23.2 Å². The predicted molar refractivity (Wildman–Crippen MR) is 104 cm³/mol. The number of carbonyl (C=O) groups is 1. The summed E-state index contributed by atoms with van der Waals surface area (Å²) >= 11 is 11.9. The topological polar surface area (TPSA) is 23.6 Å². The molecule has 1 heterocycles. The van der Waals surface area contributed by atoms with Gasteiger partial charge in [0.1, 0.15) is 0 Å². The highest BCUT2D eigenvalue weighted by Crippen LogP contribution is 2.23. The first-order valence-corrected chi connectivity index (χ1v) is 9.07. The van der Waals surface area contributed by atoms with Crippen LogP contribution in [-0.2, 0) is 0 Å². The molecule has 1 amide bonds. The number of hydrogen-bond acceptors (Lipinski definition) is 2. The van der Waals surface area contributed by atoms with E-state index in [2.05, 4.69) is 29.2 Å². The first-order valence-electron chi connectivity index (χ1n) is 8.32. The number of benzene rings is 2.